The Kier molecular flexibility index (Phi) is 13.9. The number of aliphatic hydroxyl groups is 2. The number of rotatable bonds is 15. The average molecular weight is 756 g/mol. The Labute approximate surface area is 322 Å². The molecule has 2 heterocycles. The molecule has 0 bridgehead atoms. The van der Waals surface area contributed by atoms with Gasteiger partial charge in [0.15, 0.2) is 6.29 Å². The van der Waals surface area contributed by atoms with Crippen LogP contribution in [0.15, 0.2) is 97.1 Å². The zero-order valence-corrected chi connectivity index (χ0v) is 31.2. The number of ether oxygens (including phenoxy) is 2. The summed E-state index contributed by atoms with van der Waals surface area (Å²) in [7, 11) is 0. The number of benzene rings is 4. The number of nitrogens with zero attached hydrogens (tertiary/aromatic N) is 1. The van der Waals surface area contributed by atoms with E-state index in [0.717, 1.165) is 58.5 Å². The number of amides is 2. The van der Waals surface area contributed by atoms with Crippen molar-refractivity contribution in [2.45, 2.75) is 88.6 Å². The van der Waals surface area contributed by atoms with Crippen molar-refractivity contribution < 1.29 is 34.5 Å². The van der Waals surface area contributed by atoms with Crippen molar-refractivity contribution >= 4 is 23.4 Å². The Hall–Kier alpha value is -4.13. The molecule has 0 spiro atoms. The summed E-state index contributed by atoms with van der Waals surface area (Å²) < 4.78 is 13.3. The molecule has 2 fully saturated rings. The van der Waals surface area contributed by atoms with Gasteiger partial charge in [-0.3, -0.25) is 14.8 Å². The molecule has 6 rings (SSSR count). The minimum absolute atomic E-state index is 0.0160. The van der Waals surface area contributed by atoms with Crippen LogP contribution in [0.4, 0.5) is 0 Å². The van der Waals surface area contributed by atoms with E-state index in [1.54, 1.807) is 5.48 Å². The smallest absolute Gasteiger partial charge is 0.243 e. The van der Waals surface area contributed by atoms with Gasteiger partial charge in [-0.1, -0.05) is 96.9 Å². The Balaban J connectivity index is 1.08. The van der Waals surface area contributed by atoms with E-state index >= 15 is 0 Å². The van der Waals surface area contributed by atoms with E-state index in [0.29, 0.717) is 56.6 Å². The molecule has 0 saturated carbocycles. The van der Waals surface area contributed by atoms with Crippen molar-refractivity contribution in [2.75, 3.05) is 19.6 Å². The second kappa shape index (κ2) is 19.0. The summed E-state index contributed by atoms with van der Waals surface area (Å²) >= 11 is 6.09. The number of aliphatic hydroxyl groups excluding tert-OH is 1. The first-order chi connectivity index (χ1) is 26.2. The van der Waals surface area contributed by atoms with Crippen LogP contribution in [0.5, 0.6) is 0 Å². The third-order valence-corrected chi connectivity index (χ3v) is 10.8. The zero-order valence-electron chi connectivity index (χ0n) is 30.5. The van der Waals surface area contributed by atoms with Crippen LogP contribution in [0.1, 0.15) is 91.6 Å². The highest BCUT2D eigenvalue weighted by Gasteiger charge is 2.37. The Bertz CT molecular complexity index is 1810. The number of halogens is 1. The van der Waals surface area contributed by atoms with Gasteiger partial charge in [-0.15, -0.1) is 0 Å². The lowest BCUT2D eigenvalue weighted by Crippen LogP contribution is -2.46. The third-order valence-electron chi connectivity index (χ3n) is 10.5. The van der Waals surface area contributed by atoms with Crippen LogP contribution in [-0.2, 0) is 37.8 Å². The van der Waals surface area contributed by atoms with E-state index in [1.807, 2.05) is 78.9 Å². The third kappa shape index (κ3) is 10.8. The predicted molar refractivity (Wildman–Crippen MR) is 206 cm³/mol. The summed E-state index contributed by atoms with van der Waals surface area (Å²) in [4.78, 5) is 25.9. The van der Waals surface area contributed by atoms with Gasteiger partial charge in [0.2, 0.25) is 11.8 Å². The van der Waals surface area contributed by atoms with E-state index < -0.39 is 17.8 Å². The number of hydroxylamine groups is 1. The van der Waals surface area contributed by atoms with E-state index in [4.69, 9.17) is 26.3 Å². The lowest BCUT2D eigenvalue weighted by molar-refractivity contribution is -0.253. The molecule has 11 heteroatoms. The molecule has 5 N–H and O–H groups in total. The van der Waals surface area contributed by atoms with Crippen molar-refractivity contribution in [2.24, 2.45) is 0 Å². The summed E-state index contributed by atoms with van der Waals surface area (Å²) in [6.45, 7) is 2.60. The van der Waals surface area contributed by atoms with E-state index in [2.05, 4.69) is 28.4 Å². The first-order valence-corrected chi connectivity index (χ1v) is 19.2. The SMILES string of the molecule is O=C(CCCCCC(=O)NCc1cccc(-c2ccc([C@H]3O[C@@H](CN4CCC(O)(c5ccc(Cl)cc5)CC4)C[C@@H](c4ccc(CO)cc4)O3)cc2)c1)NO. The molecule has 0 radical (unpaired) electrons. The number of hydrogen-bond acceptors (Lipinski definition) is 8. The number of carbonyl (C=O) groups excluding carboxylic acids is 2. The molecule has 0 unspecified atom stereocenters. The standard InChI is InChI=1S/C43H50ClN3O7/c44-37-19-17-36(18-20-37)43(51)21-23-47(24-22-43)28-38-26-39(33-11-9-30(29-48)10-12-33)54-42(53-38)34-15-13-32(14-16-34)35-6-4-5-31(25-35)27-45-40(49)7-2-1-3-8-41(50)46-52/h4-6,9-20,25,38-39,42,48,51-52H,1-3,7-8,21-24,26-29H2,(H,45,49)(H,46,50)/t38-,39+,42+/m1/s1. The van der Waals surface area contributed by atoms with Crippen LogP contribution in [0.25, 0.3) is 11.1 Å². The van der Waals surface area contributed by atoms with Gasteiger partial charge >= 0.3 is 0 Å². The maximum Gasteiger partial charge on any atom is 0.243 e. The Morgan fingerprint density at radius 2 is 1.48 bits per heavy atom. The minimum atomic E-state index is -0.879. The molecule has 2 aliphatic rings. The summed E-state index contributed by atoms with van der Waals surface area (Å²) in [5.41, 5.74) is 7.49. The van der Waals surface area contributed by atoms with Crippen LogP contribution in [0, 0.1) is 0 Å². The van der Waals surface area contributed by atoms with Gasteiger partial charge in [0.05, 0.1) is 24.4 Å². The van der Waals surface area contributed by atoms with Crippen molar-refractivity contribution in [1.82, 2.24) is 15.7 Å². The highest BCUT2D eigenvalue weighted by Crippen LogP contribution is 2.40. The highest BCUT2D eigenvalue weighted by atomic mass is 35.5. The van der Waals surface area contributed by atoms with Crippen molar-refractivity contribution in [1.29, 1.82) is 0 Å². The van der Waals surface area contributed by atoms with Gasteiger partial charge in [0.25, 0.3) is 0 Å². The van der Waals surface area contributed by atoms with Crippen LogP contribution in [-0.4, -0.2) is 57.9 Å². The van der Waals surface area contributed by atoms with Crippen LogP contribution < -0.4 is 10.8 Å². The first-order valence-electron chi connectivity index (χ1n) is 18.8. The first kappa shape index (κ1) is 39.6. The number of unbranched alkanes of at least 4 members (excludes halogenated alkanes) is 2. The summed E-state index contributed by atoms with van der Waals surface area (Å²) in [6.07, 6.45) is 3.70. The molecule has 4 aromatic rings. The zero-order chi connectivity index (χ0) is 37.9. The highest BCUT2D eigenvalue weighted by molar-refractivity contribution is 6.30. The topological polar surface area (TPSA) is 141 Å². The number of hydrogen-bond donors (Lipinski definition) is 5. The monoisotopic (exact) mass is 755 g/mol. The summed E-state index contributed by atoms with van der Waals surface area (Å²) in [5, 5.41) is 33.3. The van der Waals surface area contributed by atoms with Crippen LogP contribution >= 0.6 is 11.6 Å². The molecule has 0 aliphatic carbocycles. The molecular formula is C43H50ClN3O7. The maximum absolute atomic E-state index is 12.4. The molecule has 54 heavy (non-hydrogen) atoms. The van der Waals surface area contributed by atoms with E-state index in [-0.39, 0.29) is 31.1 Å². The largest absolute Gasteiger partial charge is 0.392 e. The lowest BCUT2D eigenvalue weighted by Gasteiger charge is -2.42. The molecule has 3 atom stereocenters. The van der Waals surface area contributed by atoms with Crippen molar-refractivity contribution in [3.63, 3.8) is 0 Å². The normalized spacial score (nSPS) is 20.0. The number of nitrogens with one attached hydrogen (secondary N) is 2. The molecule has 286 valence electrons. The molecule has 2 amide bonds. The summed E-state index contributed by atoms with van der Waals surface area (Å²) in [6, 6.07) is 31.7. The van der Waals surface area contributed by atoms with E-state index in [9.17, 15) is 19.8 Å². The second-order valence-electron chi connectivity index (χ2n) is 14.4. The fourth-order valence-corrected chi connectivity index (χ4v) is 7.39. The average Bonchev–Trinajstić information content (AvgIpc) is 3.21. The van der Waals surface area contributed by atoms with Gasteiger partial charge < -0.3 is 29.9 Å². The van der Waals surface area contributed by atoms with Gasteiger partial charge in [-0.2, -0.15) is 0 Å². The molecule has 2 aliphatic heterocycles. The van der Waals surface area contributed by atoms with Crippen molar-refractivity contribution in [3.8, 4) is 11.1 Å². The lowest BCUT2D eigenvalue weighted by atomic mass is 9.84. The van der Waals surface area contributed by atoms with Gasteiger partial charge in [0.1, 0.15) is 0 Å². The Morgan fingerprint density at radius 3 is 2.17 bits per heavy atom. The van der Waals surface area contributed by atoms with E-state index in [1.165, 1.54) is 0 Å². The molecule has 4 aromatic carbocycles. The number of likely N-dealkylation sites (tertiary alicyclic amines) is 1. The molecule has 0 aromatic heterocycles. The predicted octanol–water partition coefficient (Wildman–Crippen LogP) is 7.10. The molecule has 10 nitrogen and oxygen atoms in total. The van der Waals surface area contributed by atoms with Gasteiger partial charge in [-0.05, 0) is 77.3 Å². The minimum Gasteiger partial charge on any atom is -0.392 e. The van der Waals surface area contributed by atoms with Crippen LogP contribution in [0.3, 0.4) is 0 Å². The quantitative estimate of drug-likeness (QED) is 0.0492. The van der Waals surface area contributed by atoms with Gasteiger partial charge in [-0.25, -0.2) is 5.48 Å². The second-order valence-corrected chi connectivity index (χ2v) is 14.8. The van der Waals surface area contributed by atoms with Gasteiger partial charge in [0, 0.05) is 56.0 Å². The van der Waals surface area contributed by atoms with Crippen molar-refractivity contribution in [3.05, 3.63) is 130 Å². The summed E-state index contributed by atoms with van der Waals surface area (Å²) in [5.74, 6) is -0.450. The number of carbonyl (C=O) groups is 2. The molecular weight excluding hydrogens is 706 g/mol. The number of piperidine rings is 1. The maximum atomic E-state index is 12.4. The molecule has 2 saturated heterocycles. The van der Waals surface area contributed by atoms with Crippen LogP contribution in [0.2, 0.25) is 5.02 Å². The Morgan fingerprint density at radius 1 is 0.796 bits per heavy atom. The fraction of sp³-hybridized carbons (Fsp3) is 0.395. The fourth-order valence-electron chi connectivity index (χ4n) is 7.26.